The number of amides is 3. The Labute approximate surface area is 172 Å². The van der Waals surface area contributed by atoms with Crippen molar-refractivity contribution in [2.75, 3.05) is 10.6 Å². The van der Waals surface area contributed by atoms with Gasteiger partial charge in [-0.1, -0.05) is 37.3 Å². The minimum absolute atomic E-state index is 0.0362. The molecule has 3 heterocycles. The lowest BCUT2D eigenvalue weighted by molar-refractivity contribution is -0.130. The number of urea groups is 1. The number of nitrogens with one attached hydrogen (secondary N) is 4. The van der Waals surface area contributed by atoms with Crippen LogP contribution >= 0.6 is 11.3 Å². The molecule has 4 N–H and O–H groups in total. The van der Waals surface area contributed by atoms with Crippen LogP contribution in [0.1, 0.15) is 20.1 Å². The lowest BCUT2D eigenvalue weighted by Gasteiger charge is -2.34. The van der Waals surface area contributed by atoms with Gasteiger partial charge in [-0.25, -0.2) is 9.48 Å². The van der Waals surface area contributed by atoms with Gasteiger partial charge in [-0.3, -0.25) is 20.7 Å². The molecule has 1 aliphatic rings. The summed E-state index contributed by atoms with van der Waals surface area (Å²) in [7, 11) is 0. The predicted octanol–water partition coefficient (Wildman–Crippen LogP) is 3.46. The summed E-state index contributed by atoms with van der Waals surface area (Å²) in [5, 5.41) is 19.2. The van der Waals surface area contributed by atoms with Gasteiger partial charge in [0.15, 0.2) is 6.29 Å². The van der Waals surface area contributed by atoms with Gasteiger partial charge in [-0.05, 0) is 24.4 Å². The van der Waals surface area contributed by atoms with Gasteiger partial charge in [0, 0.05) is 17.7 Å². The molecule has 3 atom stereocenters. The molecule has 9 heteroatoms. The average molecular weight is 411 g/mol. The van der Waals surface area contributed by atoms with Gasteiger partial charge in [0.25, 0.3) is 0 Å². The third kappa shape index (κ3) is 4.15. The normalized spacial score (nSPS) is 21.4. The minimum atomic E-state index is -0.566. The van der Waals surface area contributed by atoms with Crippen LogP contribution in [0.4, 0.5) is 15.6 Å². The molecule has 1 fully saturated rings. The zero-order valence-electron chi connectivity index (χ0n) is 16.0. The minimum Gasteiger partial charge on any atom is -0.322 e. The Hall–Kier alpha value is -3.17. The Bertz CT molecular complexity index is 1000. The molecule has 150 valence electrons. The molecule has 1 aliphatic heterocycles. The molecule has 4 rings (SSSR count). The zero-order valence-corrected chi connectivity index (χ0v) is 16.9. The maximum absolute atomic E-state index is 12.5. The topological polar surface area (TPSA) is 100 Å². The summed E-state index contributed by atoms with van der Waals surface area (Å²) < 4.78 is 1.59. The van der Waals surface area contributed by atoms with E-state index in [4.69, 9.17) is 0 Å². The third-order valence-electron chi connectivity index (χ3n) is 4.91. The molecule has 0 bridgehead atoms. The average Bonchev–Trinajstić information content (AvgIpc) is 3.36. The monoisotopic (exact) mass is 410 g/mol. The van der Waals surface area contributed by atoms with E-state index in [0.717, 1.165) is 10.6 Å². The summed E-state index contributed by atoms with van der Waals surface area (Å²) in [5.41, 5.74) is 1.61. The second kappa shape index (κ2) is 8.06. The highest BCUT2D eigenvalue weighted by atomic mass is 32.1. The van der Waals surface area contributed by atoms with Gasteiger partial charge in [0.05, 0.1) is 16.6 Å². The number of anilines is 2. The van der Waals surface area contributed by atoms with Crippen LogP contribution in [-0.4, -0.2) is 27.8 Å². The van der Waals surface area contributed by atoms with Gasteiger partial charge >= 0.3 is 6.03 Å². The van der Waals surface area contributed by atoms with E-state index in [1.54, 1.807) is 10.7 Å². The van der Waals surface area contributed by atoms with E-state index >= 15 is 0 Å². The highest BCUT2D eigenvalue weighted by Crippen LogP contribution is 2.25. The number of benzene rings is 1. The Morgan fingerprint density at radius 3 is 2.62 bits per heavy atom. The highest BCUT2D eigenvalue weighted by molar-refractivity contribution is 7.14. The summed E-state index contributed by atoms with van der Waals surface area (Å²) >= 11 is 1.43. The first kappa shape index (κ1) is 19.2. The van der Waals surface area contributed by atoms with Crippen molar-refractivity contribution in [3.63, 3.8) is 0 Å². The highest BCUT2D eigenvalue weighted by Gasteiger charge is 2.32. The van der Waals surface area contributed by atoms with Crippen LogP contribution in [0.2, 0.25) is 0 Å². The van der Waals surface area contributed by atoms with Crippen LogP contribution in [0.3, 0.4) is 0 Å². The van der Waals surface area contributed by atoms with Crippen LogP contribution in [0, 0.1) is 5.92 Å². The van der Waals surface area contributed by atoms with Crippen LogP contribution in [-0.2, 0) is 4.79 Å². The molecule has 0 aliphatic carbocycles. The first-order chi connectivity index (χ1) is 14.0. The SMILES string of the molecule is CC1NC(n2nc(-c3ccccc3)cc2NC(=O)Nc2cccs2)NC(=O)C1C. The number of hydrogen-bond donors (Lipinski definition) is 4. The maximum atomic E-state index is 12.5. The van der Waals surface area contributed by atoms with Crippen molar-refractivity contribution in [3.8, 4) is 11.3 Å². The second-order valence-electron chi connectivity index (χ2n) is 6.94. The van der Waals surface area contributed by atoms with Gasteiger partial charge in [-0.2, -0.15) is 5.10 Å². The van der Waals surface area contributed by atoms with Crippen molar-refractivity contribution < 1.29 is 9.59 Å². The second-order valence-corrected chi connectivity index (χ2v) is 7.88. The van der Waals surface area contributed by atoms with Crippen LogP contribution < -0.4 is 21.3 Å². The van der Waals surface area contributed by atoms with E-state index in [9.17, 15) is 9.59 Å². The number of carbonyl (C=O) groups is 2. The Morgan fingerprint density at radius 2 is 1.93 bits per heavy atom. The van der Waals surface area contributed by atoms with E-state index in [0.29, 0.717) is 11.5 Å². The lowest BCUT2D eigenvalue weighted by Crippen LogP contribution is -2.57. The lowest BCUT2D eigenvalue weighted by atomic mass is 10.0. The Kier molecular flexibility index (Phi) is 5.32. The molecular weight excluding hydrogens is 388 g/mol. The summed E-state index contributed by atoms with van der Waals surface area (Å²) in [5.74, 6) is 0.249. The quantitative estimate of drug-likeness (QED) is 0.529. The van der Waals surface area contributed by atoms with E-state index in [1.165, 1.54) is 11.3 Å². The third-order valence-corrected chi connectivity index (χ3v) is 5.70. The number of rotatable bonds is 4. The van der Waals surface area contributed by atoms with Crippen molar-refractivity contribution in [2.24, 2.45) is 5.92 Å². The van der Waals surface area contributed by atoms with E-state index < -0.39 is 6.29 Å². The smallest absolute Gasteiger partial charge is 0.322 e. The number of nitrogens with zero attached hydrogens (tertiary/aromatic N) is 2. The molecule has 1 saturated heterocycles. The van der Waals surface area contributed by atoms with Gasteiger partial charge in [0.1, 0.15) is 5.82 Å². The van der Waals surface area contributed by atoms with Gasteiger partial charge in [0.2, 0.25) is 5.91 Å². The first-order valence-corrected chi connectivity index (χ1v) is 10.2. The molecule has 8 nitrogen and oxygen atoms in total. The summed E-state index contributed by atoms with van der Waals surface area (Å²) in [6.45, 7) is 3.82. The molecule has 0 spiro atoms. The largest absolute Gasteiger partial charge is 0.325 e. The van der Waals surface area contributed by atoms with Crippen molar-refractivity contribution in [3.05, 3.63) is 53.9 Å². The zero-order chi connectivity index (χ0) is 20.4. The van der Waals surface area contributed by atoms with Gasteiger partial charge in [-0.15, -0.1) is 11.3 Å². The fourth-order valence-electron chi connectivity index (χ4n) is 3.10. The van der Waals surface area contributed by atoms with Gasteiger partial charge < -0.3 is 5.32 Å². The number of thiophene rings is 1. The molecule has 1 aromatic carbocycles. The molecule has 3 aromatic rings. The van der Waals surface area contributed by atoms with E-state index in [1.807, 2.05) is 61.7 Å². The predicted molar refractivity (Wildman–Crippen MR) is 114 cm³/mol. The summed E-state index contributed by atoms with van der Waals surface area (Å²) in [4.78, 5) is 24.8. The molecule has 3 unspecified atom stereocenters. The number of carbonyl (C=O) groups excluding carboxylic acids is 2. The van der Waals surface area contributed by atoms with E-state index in [2.05, 4.69) is 26.4 Å². The molecule has 0 radical (unpaired) electrons. The molecule has 2 aromatic heterocycles. The number of aromatic nitrogens is 2. The maximum Gasteiger partial charge on any atom is 0.325 e. The molecule has 0 saturated carbocycles. The van der Waals surface area contributed by atoms with Crippen molar-refractivity contribution >= 4 is 34.1 Å². The van der Waals surface area contributed by atoms with Crippen LogP contribution in [0.5, 0.6) is 0 Å². The standard InChI is InChI=1S/C20H22N6O2S/c1-12-13(2)21-19(24-18(12)27)26-16(22-20(28)23-17-9-6-10-29-17)11-15(25-26)14-7-4-3-5-8-14/h3-13,19,21H,1-2H3,(H,24,27)(H2,22,23,28). The Morgan fingerprint density at radius 1 is 1.14 bits per heavy atom. The number of hydrogen-bond acceptors (Lipinski definition) is 5. The molecular formula is C20H22N6O2S. The fourth-order valence-corrected chi connectivity index (χ4v) is 3.72. The van der Waals surface area contributed by atoms with Crippen molar-refractivity contribution in [2.45, 2.75) is 26.2 Å². The summed E-state index contributed by atoms with van der Waals surface area (Å²) in [6.07, 6.45) is -0.566. The van der Waals surface area contributed by atoms with E-state index in [-0.39, 0.29) is 23.9 Å². The fraction of sp³-hybridized carbons (Fsp3) is 0.250. The Balaban J connectivity index is 1.64. The first-order valence-electron chi connectivity index (χ1n) is 9.34. The summed E-state index contributed by atoms with van der Waals surface area (Å²) in [6, 6.07) is 14.7. The molecule has 3 amide bonds. The molecule has 29 heavy (non-hydrogen) atoms. The van der Waals surface area contributed by atoms with Crippen molar-refractivity contribution in [1.82, 2.24) is 20.4 Å². The van der Waals surface area contributed by atoms with Crippen LogP contribution in [0.25, 0.3) is 11.3 Å². The van der Waals surface area contributed by atoms with Crippen molar-refractivity contribution in [1.29, 1.82) is 0 Å². The van der Waals surface area contributed by atoms with Crippen LogP contribution in [0.15, 0.2) is 53.9 Å².